The van der Waals surface area contributed by atoms with Gasteiger partial charge < -0.3 is 10.2 Å². The minimum atomic E-state index is 0.109. The third kappa shape index (κ3) is 4.14. The van der Waals surface area contributed by atoms with Crippen molar-refractivity contribution in [3.8, 4) is 0 Å². The quantitative estimate of drug-likeness (QED) is 0.915. The molecule has 0 unspecified atom stereocenters. The Bertz CT molecular complexity index is 635. The molecule has 0 aliphatic carbocycles. The van der Waals surface area contributed by atoms with Gasteiger partial charge in [-0.25, -0.2) is 4.98 Å². The van der Waals surface area contributed by atoms with Crippen LogP contribution in [0.1, 0.15) is 40.8 Å². The molecule has 0 spiro atoms. The molecule has 1 fully saturated rings. The average molecular weight is 330 g/mol. The first-order valence-electron chi connectivity index (χ1n) is 8.12. The SMILES string of the molecule is CCc1nc(CNC2CCN(C(=O)c3ccncc3)CC2)cs1. The number of carbonyl (C=O) groups is 1. The Morgan fingerprint density at radius 1 is 1.35 bits per heavy atom. The van der Waals surface area contributed by atoms with Crippen LogP contribution >= 0.6 is 11.3 Å². The lowest BCUT2D eigenvalue weighted by Gasteiger charge is -2.32. The van der Waals surface area contributed by atoms with Crippen molar-refractivity contribution >= 4 is 17.2 Å². The summed E-state index contributed by atoms with van der Waals surface area (Å²) in [5.74, 6) is 0.109. The Morgan fingerprint density at radius 3 is 2.74 bits per heavy atom. The second-order valence-corrected chi connectivity index (χ2v) is 6.71. The lowest BCUT2D eigenvalue weighted by atomic mass is 10.0. The van der Waals surface area contributed by atoms with Crippen LogP contribution in [0.25, 0.3) is 0 Å². The number of nitrogens with zero attached hydrogens (tertiary/aromatic N) is 3. The summed E-state index contributed by atoms with van der Waals surface area (Å²) < 4.78 is 0. The van der Waals surface area contributed by atoms with E-state index in [2.05, 4.69) is 27.6 Å². The summed E-state index contributed by atoms with van der Waals surface area (Å²) in [5, 5.41) is 6.90. The number of likely N-dealkylation sites (tertiary alicyclic amines) is 1. The van der Waals surface area contributed by atoms with E-state index < -0.39 is 0 Å². The molecule has 0 atom stereocenters. The number of hydrogen-bond acceptors (Lipinski definition) is 5. The van der Waals surface area contributed by atoms with Crippen molar-refractivity contribution < 1.29 is 4.79 Å². The number of rotatable bonds is 5. The minimum absolute atomic E-state index is 0.109. The molecule has 1 aliphatic heterocycles. The van der Waals surface area contributed by atoms with Gasteiger partial charge in [-0.1, -0.05) is 6.92 Å². The van der Waals surface area contributed by atoms with Crippen LogP contribution in [0, 0.1) is 0 Å². The Kier molecular flexibility index (Phi) is 5.35. The number of carbonyl (C=O) groups excluding carboxylic acids is 1. The lowest BCUT2D eigenvalue weighted by molar-refractivity contribution is 0.0704. The van der Waals surface area contributed by atoms with Crippen LogP contribution < -0.4 is 5.32 Å². The fraction of sp³-hybridized carbons (Fsp3) is 0.471. The average Bonchev–Trinajstić information content (AvgIpc) is 3.09. The molecule has 1 N–H and O–H groups in total. The number of amides is 1. The zero-order valence-corrected chi connectivity index (χ0v) is 14.2. The third-order valence-electron chi connectivity index (χ3n) is 4.18. The smallest absolute Gasteiger partial charge is 0.253 e. The summed E-state index contributed by atoms with van der Waals surface area (Å²) in [6, 6.07) is 4.02. The molecule has 122 valence electrons. The number of aryl methyl sites for hydroxylation is 1. The van der Waals surface area contributed by atoms with Crippen LogP contribution in [0.4, 0.5) is 0 Å². The Labute approximate surface area is 140 Å². The van der Waals surface area contributed by atoms with Crippen LogP contribution in [0.3, 0.4) is 0 Å². The van der Waals surface area contributed by atoms with Crippen LogP contribution in [-0.4, -0.2) is 39.9 Å². The van der Waals surface area contributed by atoms with Crippen molar-refractivity contribution in [1.82, 2.24) is 20.2 Å². The van der Waals surface area contributed by atoms with E-state index in [9.17, 15) is 4.79 Å². The van der Waals surface area contributed by atoms with Crippen LogP contribution in [0.2, 0.25) is 0 Å². The van der Waals surface area contributed by atoms with Gasteiger partial charge >= 0.3 is 0 Å². The van der Waals surface area contributed by atoms with E-state index in [-0.39, 0.29) is 5.91 Å². The molecule has 3 heterocycles. The molecule has 5 nitrogen and oxygen atoms in total. The van der Waals surface area contributed by atoms with Gasteiger partial charge in [-0.15, -0.1) is 11.3 Å². The first-order chi connectivity index (χ1) is 11.3. The highest BCUT2D eigenvalue weighted by atomic mass is 32.1. The molecule has 1 saturated heterocycles. The lowest BCUT2D eigenvalue weighted by Crippen LogP contribution is -2.44. The molecule has 2 aromatic heterocycles. The summed E-state index contributed by atoms with van der Waals surface area (Å²) in [7, 11) is 0. The van der Waals surface area contributed by atoms with Crippen molar-refractivity contribution in [1.29, 1.82) is 0 Å². The van der Waals surface area contributed by atoms with Gasteiger partial charge in [-0.05, 0) is 31.4 Å². The topological polar surface area (TPSA) is 58.1 Å². The molecule has 2 aromatic rings. The van der Waals surface area contributed by atoms with E-state index in [1.165, 1.54) is 5.01 Å². The molecule has 6 heteroatoms. The predicted molar refractivity (Wildman–Crippen MR) is 91.5 cm³/mol. The van der Waals surface area contributed by atoms with E-state index >= 15 is 0 Å². The zero-order valence-electron chi connectivity index (χ0n) is 13.4. The molecule has 0 radical (unpaired) electrons. The number of thiazole rings is 1. The molecule has 0 bridgehead atoms. The van der Waals surface area contributed by atoms with Gasteiger partial charge in [-0.2, -0.15) is 0 Å². The summed E-state index contributed by atoms with van der Waals surface area (Å²) in [5.41, 5.74) is 1.85. The zero-order chi connectivity index (χ0) is 16.1. The number of hydrogen-bond donors (Lipinski definition) is 1. The fourth-order valence-electron chi connectivity index (χ4n) is 2.81. The summed E-state index contributed by atoms with van der Waals surface area (Å²) in [4.78, 5) is 22.9. The normalized spacial score (nSPS) is 15.8. The predicted octanol–water partition coefficient (Wildman–Crippen LogP) is 2.49. The van der Waals surface area contributed by atoms with E-state index in [0.29, 0.717) is 6.04 Å². The first kappa shape index (κ1) is 16.1. The van der Waals surface area contributed by atoms with Crippen LogP contribution in [0.5, 0.6) is 0 Å². The van der Waals surface area contributed by atoms with Gasteiger partial charge in [0.05, 0.1) is 10.7 Å². The first-order valence-corrected chi connectivity index (χ1v) is 9.00. The van der Waals surface area contributed by atoms with Gasteiger partial charge in [0, 0.05) is 49.0 Å². The summed E-state index contributed by atoms with van der Waals surface area (Å²) in [6.45, 7) is 4.55. The van der Waals surface area contributed by atoms with E-state index in [0.717, 1.165) is 50.2 Å². The maximum atomic E-state index is 12.4. The van der Waals surface area contributed by atoms with Crippen molar-refractivity contribution in [2.45, 2.75) is 38.8 Å². The van der Waals surface area contributed by atoms with Gasteiger partial charge in [-0.3, -0.25) is 9.78 Å². The van der Waals surface area contributed by atoms with Gasteiger partial charge in [0.2, 0.25) is 0 Å². The van der Waals surface area contributed by atoms with Crippen LogP contribution in [0.15, 0.2) is 29.9 Å². The van der Waals surface area contributed by atoms with Crippen molar-refractivity contribution in [3.63, 3.8) is 0 Å². The second-order valence-electron chi connectivity index (χ2n) is 5.77. The Morgan fingerprint density at radius 2 is 2.09 bits per heavy atom. The Balaban J connectivity index is 1.46. The number of pyridine rings is 1. The van der Waals surface area contributed by atoms with Crippen molar-refractivity contribution in [2.24, 2.45) is 0 Å². The maximum absolute atomic E-state index is 12.4. The van der Waals surface area contributed by atoms with Gasteiger partial charge in [0.25, 0.3) is 5.91 Å². The molecule has 0 aromatic carbocycles. The van der Waals surface area contributed by atoms with Gasteiger partial charge in [0.15, 0.2) is 0 Å². The minimum Gasteiger partial charge on any atom is -0.339 e. The monoisotopic (exact) mass is 330 g/mol. The molecule has 0 saturated carbocycles. The van der Waals surface area contributed by atoms with E-state index in [1.54, 1.807) is 35.9 Å². The largest absolute Gasteiger partial charge is 0.339 e. The molecule has 1 amide bonds. The highest BCUT2D eigenvalue weighted by molar-refractivity contribution is 7.09. The van der Waals surface area contributed by atoms with Crippen molar-refractivity contribution in [3.05, 3.63) is 46.2 Å². The number of piperidine rings is 1. The summed E-state index contributed by atoms with van der Waals surface area (Å²) >= 11 is 1.73. The van der Waals surface area contributed by atoms with E-state index in [1.807, 2.05) is 4.90 Å². The molecular formula is C17H22N4OS. The fourth-order valence-corrected chi connectivity index (χ4v) is 3.55. The third-order valence-corrected chi connectivity index (χ3v) is 5.23. The standard InChI is InChI=1S/C17H22N4OS/c1-2-16-20-15(12-23-16)11-19-14-5-9-21(10-6-14)17(22)13-3-7-18-8-4-13/h3-4,7-8,12,14,19H,2,5-6,9-11H2,1H3. The van der Waals surface area contributed by atoms with Crippen molar-refractivity contribution in [2.75, 3.05) is 13.1 Å². The highest BCUT2D eigenvalue weighted by Crippen LogP contribution is 2.15. The van der Waals surface area contributed by atoms with Gasteiger partial charge in [0.1, 0.15) is 0 Å². The van der Waals surface area contributed by atoms with E-state index in [4.69, 9.17) is 0 Å². The molecule has 1 aliphatic rings. The summed E-state index contributed by atoms with van der Waals surface area (Å²) in [6.07, 6.45) is 6.31. The van der Waals surface area contributed by atoms with Crippen LogP contribution in [-0.2, 0) is 13.0 Å². The number of nitrogens with one attached hydrogen (secondary N) is 1. The molecular weight excluding hydrogens is 308 g/mol. The molecule has 3 rings (SSSR count). The highest BCUT2D eigenvalue weighted by Gasteiger charge is 2.23. The maximum Gasteiger partial charge on any atom is 0.253 e. The molecule has 23 heavy (non-hydrogen) atoms. The second kappa shape index (κ2) is 7.66. The number of aromatic nitrogens is 2. The Hall–Kier alpha value is -1.79.